The number of carbonyl (C=O) groups excluding carboxylic acids is 2. The molecule has 0 spiro atoms. The zero-order chi connectivity index (χ0) is 20.6. The number of nitrogens with one attached hydrogen (secondary N) is 1. The molecule has 0 saturated heterocycles. The molecule has 1 N–H and O–H groups in total. The second-order valence-corrected chi connectivity index (χ2v) is 6.27. The summed E-state index contributed by atoms with van der Waals surface area (Å²) < 4.78 is 16.4. The Bertz CT molecular complexity index is 998. The Morgan fingerprint density at radius 1 is 0.966 bits per heavy atom. The summed E-state index contributed by atoms with van der Waals surface area (Å²) in [5, 5.41) is 2.77. The lowest BCUT2D eigenvalue weighted by molar-refractivity contribution is -0.118. The number of hydrogen-bond donors (Lipinski definition) is 1. The van der Waals surface area contributed by atoms with Gasteiger partial charge in [-0.15, -0.1) is 0 Å². The van der Waals surface area contributed by atoms with E-state index in [4.69, 9.17) is 14.2 Å². The highest BCUT2D eigenvalue weighted by Gasteiger charge is 2.11. The lowest BCUT2D eigenvalue weighted by Crippen LogP contribution is -2.20. The van der Waals surface area contributed by atoms with Gasteiger partial charge in [0.1, 0.15) is 17.2 Å². The standard InChI is InChI=1S/C23H21NO5/c1-16-7-9-18(10-8-16)29-22-6-4-3-5-20(22)24-23(26)15-28-21-12-11-19(27-2)13-17(21)14-25/h3-14H,15H2,1-2H3,(H,24,26). The molecule has 0 radical (unpaired) electrons. The number of aryl methyl sites for hydroxylation is 1. The van der Waals surface area contributed by atoms with Crippen LogP contribution in [0.15, 0.2) is 66.7 Å². The largest absolute Gasteiger partial charge is 0.497 e. The Hall–Kier alpha value is -3.80. The Morgan fingerprint density at radius 2 is 1.69 bits per heavy atom. The zero-order valence-electron chi connectivity index (χ0n) is 16.2. The van der Waals surface area contributed by atoms with Gasteiger partial charge in [0.2, 0.25) is 0 Å². The summed E-state index contributed by atoms with van der Waals surface area (Å²) in [7, 11) is 1.51. The number of aldehydes is 1. The summed E-state index contributed by atoms with van der Waals surface area (Å²) in [5.41, 5.74) is 1.96. The second kappa shape index (κ2) is 9.41. The smallest absolute Gasteiger partial charge is 0.262 e. The van der Waals surface area contributed by atoms with E-state index in [9.17, 15) is 9.59 Å². The first-order valence-corrected chi connectivity index (χ1v) is 8.98. The lowest BCUT2D eigenvalue weighted by Gasteiger charge is -2.13. The van der Waals surface area contributed by atoms with Gasteiger partial charge < -0.3 is 19.5 Å². The Morgan fingerprint density at radius 3 is 2.41 bits per heavy atom. The van der Waals surface area contributed by atoms with Crippen LogP contribution < -0.4 is 19.5 Å². The number of methoxy groups -OCH3 is 1. The van der Waals surface area contributed by atoms with Crippen molar-refractivity contribution in [2.24, 2.45) is 0 Å². The molecule has 6 heteroatoms. The van der Waals surface area contributed by atoms with E-state index in [-0.39, 0.29) is 12.5 Å². The average Bonchev–Trinajstić information content (AvgIpc) is 2.75. The van der Waals surface area contributed by atoms with E-state index in [1.165, 1.54) is 7.11 Å². The summed E-state index contributed by atoms with van der Waals surface area (Å²) in [5.74, 6) is 1.65. The zero-order valence-corrected chi connectivity index (χ0v) is 16.2. The van der Waals surface area contributed by atoms with Gasteiger partial charge in [-0.1, -0.05) is 29.8 Å². The predicted octanol–water partition coefficient (Wildman–Crippen LogP) is 4.63. The van der Waals surface area contributed by atoms with Gasteiger partial charge in [-0.3, -0.25) is 9.59 Å². The van der Waals surface area contributed by atoms with Crippen molar-refractivity contribution >= 4 is 17.9 Å². The van der Waals surface area contributed by atoms with Crippen molar-refractivity contribution < 1.29 is 23.8 Å². The summed E-state index contributed by atoms with van der Waals surface area (Å²) in [4.78, 5) is 23.6. The number of ether oxygens (including phenoxy) is 3. The Labute approximate surface area is 169 Å². The number of amides is 1. The molecule has 148 valence electrons. The van der Waals surface area contributed by atoms with Crippen LogP contribution in [0.25, 0.3) is 0 Å². The summed E-state index contributed by atoms with van der Waals surface area (Å²) in [6.07, 6.45) is 0.653. The summed E-state index contributed by atoms with van der Waals surface area (Å²) >= 11 is 0. The van der Waals surface area contributed by atoms with Crippen molar-refractivity contribution in [1.29, 1.82) is 0 Å². The first-order chi connectivity index (χ1) is 14.1. The van der Waals surface area contributed by atoms with Crippen LogP contribution in [0.1, 0.15) is 15.9 Å². The molecule has 0 aliphatic carbocycles. The third-order valence-electron chi connectivity index (χ3n) is 4.11. The molecule has 29 heavy (non-hydrogen) atoms. The first kappa shape index (κ1) is 19.9. The van der Waals surface area contributed by atoms with Gasteiger partial charge in [0.05, 0.1) is 18.4 Å². The molecule has 3 aromatic carbocycles. The van der Waals surface area contributed by atoms with Gasteiger partial charge in [0.25, 0.3) is 5.91 Å². The molecular weight excluding hydrogens is 370 g/mol. The fourth-order valence-electron chi connectivity index (χ4n) is 2.60. The number of benzene rings is 3. The minimum absolute atomic E-state index is 0.258. The quantitative estimate of drug-likeness (QED) is 0.567. The molecular formula is C23H21NO5. The van der Waals surface area contributed by atoms with Crippen LogP contribution in [0.3, 0.4) is 0 Å². The van der Waals surface area contributed by atoms with E-state index in [1.807, 2.05) is 37.3 Å². The number of rotatable bonds is 8. The normalized spacial score (nSPS) is 10.1. The minimum atomic E-state index is -0.377. The Kier molecular flexibility index (Phi) is 6.47. The van der Waals surface area contributed by atoms with Gasteiger partial charge in [-0.2, -0.15) is 0 Å². The van der Waals surface area contributed by atoms with E-state index in [2.05, 4.69) is 5.32 Å². The van der Waals surface area contributed by atoms with Crippen molar-refractivity contribution in [2.75, 3.05) is 19.0 Å². The van der Waals surface area contributed by atoms with E-state index in [1.54, 1.807) is 36.4 Å². The molecule has 0 bridgehead atoms. The molecule has 0 unspecified atom stereocenters. The number of hydrogen-bond acceptors (Lipinski definition) is 5. The fraction of sp³-hybridized carbons (Fsp3) is 0.130. The number of anilines is 1. The molecule has 0 aliphatic rings. The fourth-order valence-corrected chi connectivity index (χ4v) is 2.60. The van der Waals surface area contributed by atoms with Crippen LogP contribution in [0, 0.1) is 6.92 Å². The van der Waals surface area contributed by atoms with Crippen molar-refractivity contribution in [1.82, 2.24) is 0 Å². The first-order valence-electron chi connectivity index (χ1n) is 8.98. The molecule has 0 aromatic heterocycles. The lowest BCUT2D eigenvalue weighted by atomic mass is 10.2. The van der Waals surface area contributed by atoms with Crippen LogP contribution in [-0.2, 0) is 4.79 Å². The molecule has 0 heterocycles. The molecule has 0 atom stereocenters. The van der Waals surface area contributed by atoms with Crippen LogP contribution >= 0.6 is 0 Å². The Balaban J connectivity index is 1.65. The maximum atomic E-state index is 12.4. The highest BCUT2D eigenvalue weighted by molar-refractivity contribution is 5.93. The van der Waals surface area contributed by atoms with Gasteiger partial charge in [-0.25, -0.2) is 0 Å². The summed E-state index contributed by atoms with van der Waals surface area (Å²) in [6, 6.07) is 19.5. The van der Waals surface area contributed by atoms with E-state index < -0.39 is 0 Å². The average molecular weight is 391 g/mol. The maximum absolute atomic E-state index is 12.4. The molecule has 0 fully saturated rings. The van der Waals surface area contributed by atoms with Crippen LogP contribution in [0.4, 0.5) is 5.69 Å². The highest BCUT2D eigenvalue weighted by atomic mass is 16.5. The monoisotopic (exact) mass is 391 g/mol. The molecule has 0 saturated carbocycles. The van der Waals surface area contributed by atoms with E-state index in [0.29, 0.717) is 40.5 Å². The third kappa shape index (κ3) is 5.35. The van der Waals surface area contributed by atoms with E-state index >= 15 is 0 Å². The SMILES string of the molecule is COc1ccc(OCC(=O)Nc2ccccc2Oc2ccc(C)cc2)c(C=O)c1. The van der Waals surface area contributed by atoms with Gasteiger partial charge >= 0.3 is 0 Å². The van der Waals surface area contributed by atoms with Crippen LogP contribution in [-0.4, -0.2) is 25.9 Å². The predicted molar refractivity (Wildman–Crippen MR) is 110 cm³/mol. The molecule has 0 aliphatic heterocycles. The third-order valence-corrected chi connectivity index (χ3v) is 4.11. The molecule has 3 rings (SSSR count). The van der Waals surface area contributed by atoms with Crippen molar-refractivity contribution in [3.63, 3.8) is 0 Å². The van der Waals surface area contributed by atoms with Crippen molar-refractivity contribution in [3.8, 4) is 23.0 Å². The van der Waals surface area contributed by atoms with Crippen molar-refractivity contribution in [3.05, 3.63) is 77.9 Å². The molecule has 1 amide bonds. The van der Waals surface area contributed by atoms with Crippen LogP contribution in [0.5, 0.6) is 23.0 Å². The molecule has 3 aromatic rings. The minimum Gasteiger partial charge on any atom is -0.497 e. The van der Waals surface area contributed by atoms with Gasteiger partial charge in [0, 0.05) is 0 Å². The van der Waals surface area contributed by atoms with Crippen molar-refractivity contribution in [2.45, 2.75) is 6.92 Å². The van der Waals surface area contributed by atoms with E-state index in [0.717, 1.165) is 5.56 Å². The summed E-state index contributed by atoms with van der Waals surface area (Å²) in [6.45, 7) is 1.74. The van der Waals surface area contributed by atoms with Gasteiger partial charge in [0.15, 0.2) is 18.6 Å². The van der Waals surface area contributed by atoms with Crippen LogP contribution in [0.2, 0.25) is 0 Å². The van der Waals surface area contributed by atoms with Gasteiger partial charge in [-0.05, 0) is 49.4 Å². The maximum Gasteiger partial charge on any atom is 0.262 e. The number of carbonyl (C=O) groups is 2. The topological polar surface area (TPSA) is 73.9 Å². The highest BCUT2D eigenvalue weighted by Crippen LogP contribution is 2.29. The second-order valence-electron chi connectivity index (χ2n) is 6.27. The molecule has 6 nitrogen and oxygen atoms in total. The number of para-hydroxylation sites is 2.